The molecule has 0 aliphatic heterocycles. The Morgan fingerprint density at radius 3 is 2.69 bits per heavy atom. The van der Waals surface area contributed by atoms with Crippen LogP contribution in [0.1, 0.15) is 29.1 Å². The summed E-state index contributed by atoms with van der Waals surface area (Å²) in [5.74, 6) is -0.554. The molecule has 0 radical (unpaired) electrons. The average Bonchev–Trinajstić information content (AvgIpc) is 2.59. The number of carbonyl (C=O) groups excluding carboxylic acids is 2. The van der Waals surface area contributed by atoms with Crippen molar-refractivity contribution in [1.29, 1.82) is 0 Å². The smallest absolute Gasteiger partial charge is 0.360 e. The Labute approximate surface area is 92.6 Å². The van der Waals surface area contributed by atoms with Crippen LogP contribution < -0.4 is 0 Å². The molecule has 1 aromatic heterocycles. The molecule has 88 valence electrons. The zero-order chi connectivity index (χ0) is 12.1. The summed E-state index contributed by atoms with van der Waals surface area (Å²) in [6.45, 7) is 3.54. The first-order chi connectivity index (χ1) is 7.58. The van der Waals surface area contributed by atoms with E-state index in [4.69, 9.17) is 9.15 Å². The number of carbonyl (C=O) groups is 2. The molecule has 0 fully saturated rings. The minimum atomic E-state index is -0.556. The van der Waals surface area contributed by atoms with Gasteiger partial charge in [-0.15, -0.1) is 0 Å². The van der Waals surface area contributed by atoms with Crippen LogP contribution in [0.4, 0.5) is 0 Å². The first-order valence-electron chi connectivity index (χ1n) is 4.78. The van der Waals surface area contributed by atoms with E-state index in [-0.39, 0.29) is 24.6 Å². The maximum Gasteiger partial charge on any atom is 0.360 e. The highest BCUT2D eigenvalue weighted by Crippen LogP contribution is 2.12. The van der Waals surface area contributed by atoms with E-state index in [0.717, 1.165) is 0 Å². The first-order valence-corrected chi connectivity index (χ1v) is 4.78. The molecule has 0 aliphatic carbocycles. The van der Waals surface area contributed by atoms with Crippen LogP contribution in [-0.4, -0.2) is 30.6 Å². The molecule has 0 atom stereocenters. The minimum absolute atomic E-state index is 0.0979. The molecule has 0 aliphatic rings. The number of ether oxygens (including phenoxy) is 2. The standard InChI is InChI=1S/C10H13NO5/c1-4-15-10(13)9-6(2)16-7(11-9)5-8(12)14-3/h4-5H2,1-3H3. The van der Waals surface area contributed by atoms with Gasteiger partial charge < -0.3 is 13.9 Å². The maximum absolute atomic E-state index is 11.4. The summed E-state index contributed by atoms with van der Waals surface area (Å²) in [5.41, 5.74) is 0.0979. The van der Waals surface area contributed by atoms with Crippen LogP contribution in [0.2, 0.25) is 0 Å². The maximum atomic E-state index is 11.4. The van der Waals surface area contributed by atoms with Crippen molar-refractivity contribution in [3.8, 4) is 0 Å². The van der Waals surface area contributed by atoms with E-state index >= 15 is 0 Å². The van der Waals surface area contributed by atoms with E-state index in [9.17, 15) is 9.59 Å². The van der Waals surface area contributed by atoms with Gasteiger partial charge in [0.25, 0.3) is 0 Å². The fourth-order valence-corrected chi connectivity index (χ4v) is 1.11. The summed E-state index contributed by atoms with van der Waals surface area (Å²) < 4.78 is 14.4. The van der Waals surface area contributed by atoms with E-state index in [1.807, 2.05) is 0 Å². The molecule has 1 rings (SSSR count). The second-order valence-corrected chi connectivity index (χ2v) is 2.99. The van der Waals surface area contributed by atoms with Crippen LogP contribution >= 0.6 is 0 Å². The zero-order valence-electron chi connectivity index (χ0n) is 9.40. The van der Waals surface area contributed by atoms with Crippen LogP contribution in [0.3, 0.4) is 0 Å². The molecule has 1 aromatic rings. The summed E-state index contributed by atoms with van der Waals surface area (Å²) in [6, 6.07) is 0. The second kappa shape index (κ2) is 5.29. The van der Waals surface area contributed by atoms with E-state index in [0.29, 0.717) is 5.76 Å². The van der Waals surface area contributed by atoms with Crippen molar-refractivity contribution >= 4 is 11.9 Å². The lowest BCUT2D eigenvalue weighted by Crippen LogP contribution is -2.08. The van der Waals surface area contributed by atoms with Crippen molar-refractivity contribution in [2.45, 2.75) is 20.3 Å². The molecule has 0 bridgehead atoms. The molecule has 6 heteroatoms. The highest BCUT2D eigenvalue weighted by atomic mass is 16.5. The fraction of sp³-hybridized carbons (Fsp3) is 0.500. The highest BCUT2D eigenvalue weighted by molar-refractivity contribution is 5.88. The quantitative estimate of drug-likeness (QED) is 0.710. The highest BCUT2D eigenvalue weighted by Gasteiger charge is 2.19. The fourth-order valence-electron chi connectivity index (χ4n) is 1.11. The van der Waals surface area contributed by atoms with Gasteiger partial charge in [-0.2, -0.15) is 0 Å². The topological polar surface area (TPSA) is 78.6 Å². The van der Waals surface area contributed by atoms with E-state index < -0.39 is 11.9 Å². The molecule has 0 unspecified atom stereocenters. The Balaban J connectivity index is 2.81. The second-order valence-electron chi connectivity index (χ2n) is 2.99. The Bertz CT molecular complexity index is 396. The van der Waals surface area contributed by atoms with E-state index in [1.165, 1.54) is 7.11 Å². The Morgan fingerprint density at radius 2 is 2.12 bits per heavy atom. The number of nitrogens with zero attached hydrogens (tertiary/aromatic N) is 1. The van der Waals surface area contributed by atoms with Gasteiger partial charge in [0.15, 0.2) is 5.69 Å². The molecular weight excluding hydrogens is 214 g/mol. The number of hydrogen-bond donors (Lipinski definition) is 0. The van der Waals surface area contributed by atoms with Crippen molar-refractivity contribution in [2.24, 2.45) is 0 Å². The summed E-state index contributed by atoms with van der Waals surface area (Å²) in [4.78, 5) is 26.2. The lowest BCUT2D eigenvalue weighted by atomic mass is 10.4. The summed E-state index contributed by atoms with van der Waals surface area (Å²) in [5, 5.41) is 0. The number of oxazole rings is 1. The zero-order valence-corrected chi connectivity index (χ0v) is 9.40. The molecule has 1 heterocycles. The molecule has 6 nitrogen and oxygen atoms in total. The lowest BCUT2D eigenvalue weighted by Gasteiger charge is -1.96. The monoisotopic (exact) mass is 227 g/mol. The van der Waals surface area contributed by atoms with Crippen LogP contribution in [-0.2, 0) is 20.7 Å². The SMILES string of the molecule is CCOC(=O)c1nc(CC(=O)OC)oc1C. The van der Waals surface area contributed by atoms with E-state index in [1.54, 1.807) is 13.8 Å². The third-order valence-corrected chi connectivity index (χ3v) is 1.83. The van der Waals surface area contributed by atoms with Crippen molar-refractivity contribution in [3.05, 3.63) is 17.3 Å². The third kappa shape index (κ3) is 2.82. The van der Waals surface area contributed by atoms with Gasteiger partial charge in [-0.1, -0.05) is 0 Å². The van der Waals surface area contributed by atoms with Crippen LogP contribution in [0.5, 0.6) is 0 Å². The van der Waals surface area contributed by atoms with Gasteiger partial charge in [0.2, 0.25) is 5.89 Å². The van der Waals surface area contributed by atoms with Gasteiger partial charge >= 0.3 is 11.9 Å². The number of esters is 2. The van der Waals surface area contributed by atoms with Crippen molar-refractivity contribution in [3.63, 3.8) is 0 Å². The third-order valence-electron chi connectivity index (χ3n) is 1.83. The number of rotatable bonds is 4. The summed E-state index contributed by atoms with van der Waals surface area (Å²) in [7, 11) is 1.27. The average molecular weight is 227 g/mol. The molecule has 16 heavy (non-hydrogen) atoms. The lowest BCUT2D eigenvalue weighted by molar-refractivity contribution is -0.140. The molecule has 0 amide bonds. The number of aromatic nitrogens is 1. The first kappa shape index (κ1) is 12.2. The van der Waals surface area contributed by atoms with Crippen molar-refractivity contribution < 1.29 is 23.5 Å². The van der Waals surface area contributed by atoms with Gasteiger partial charge in [-0.3, -0.25) is 4.79 Å². The summed E-state index contributed by atoms with van der Waals surface area (Å²) >= 11 is 0. The van der Waals surface area contributed by atoms with E-state index in [2.05, 4.69) is 9.72 Å². The normalized spacial score (nSPS) is 9.94. The molecule has 0 N–H and O–H groups in total. The molecular formula is C10H13NO5. The van der Waals surface area contributed by atoms with Gasteiger partial charge in [0.1, 0.15) is 12.2 Å². The Kier molecular flexibility index (Phi) is 4.04. The Morgan fingerprint density at radius 1 is 1.44 bits per heavy atom. The number of methoxy groups -OCH3 is 1. The minimum Gasteiger partial charge on any atom is -0.469 e. The predicted molar refractivity (Wildman–Crippen MR) is 52.9 cm³/mol. The summed E-state index contributed by atoms with van der Waals surface area (Å²) in [6.07, 6.45) is -0.100. The molecule has 0 aromatic carbocycles. The van der Waals surface area contributed by atoms with Crippen LogP contribution in [0.15, 0.2) is 4.42 Å². The van der Waals surface area contributed by atoms with Gasteiger partial charge in [0, 0.05) is 0 Å². The van der Waals surface area contributed by atoms with Crippen LogP contribution in [0, 0.1) is 6.92 Å². The number of aryl methyl sites for hydroxylation is 1. The molecule has 0 spiro atoms. The number of hydrogen-bond acceptors (Lipinski definition) is 6. The molecule has 0 saturated carbocycles. The predicted octanol–water partition coefficient (Wildman–Crippen LogP) is 0.875. The van der Waals surface area contributed by atoms with Gasteiger partial charge in [-0.25, -0.2) is 9.78 Å². The van der Waals surface area contributed by atoms with Crippen molar-refractivity contribution in [1.82, 2.24) is 4.98 Å². The van der Waals surface area contributed by atoms with Gasteiger partial charge in [0.05, 0.1) is 13.7 Å². The largest absolute Gasteiger partial charge is 0.469 e. The Hall–Kier alpha value is -1.85. The van der Waals surface area contributed by atoms with Crippen molar-refractivity contribution in [2.75, 3.05) is 13.7 Å². The van der Waals surface area contributed by atoms with Crippen LogP contribution in [0.25, 0.3) is 0 Å². The molecule has 0 saturated heterocycles. The van der Waals surface area contributed by atoms with Gasteiger partial charge in [-0.05, 0) is 13.8 Å².